The molecule has 0 bridgehead atoms. The SMILES string of the molecule is c1ccc(CNC2CNCCO2)cc1. The molecule has 2 N–H and O–H groups in total. The van der Waals surface area contributed by atoms with E-state index in [4.69, 9.17) is 4.74 Å². The van der Waals surface area contributed by atoms with Crippen molar-refractivity contribution in [3.05, 3.63) is 35.9 Å². The van der Waals surface area contributed by atoms with Crippen molar-refractivity contribution in [3.8, 4) is 0 Å². The fourth-order valence-corrected chi connectivity index (χ4v) is 1.52. The molecule has 76 valence electrons. The van der Waals surface area contributed by atoms with E-state index in [0.29, 0.717) is 0 Å². The zero-order valence-electron chi connectivity index (χ0n) is 8.20. The lowest BCUT2D eigenvalue weighted by Gasteiger charge is -2.24. The van der Waals surface area contributed by atoms with Crippen LogP contribution in [0.15, 0.2) is 30.3 Å². The first-order valence-electron chi connectivity index (χ1n) is 5.05. The van der Waals surface area contributed by atoms with Gasteiger partial charge in [0.15, 0.2) is 0 Å². The van der Waals surface area contributed by atoms with Crippen molar-refractivity contribution in [2.45, 2.75) is 12.8 Å². The van der Waals surface area contributed by atoms with E-state index in [1.165, 1.54) is 5.56 Å². The Bertz CT molecular complexity index is 257. The molecule has 14 heavy (non-hydrogen) atoms. The lowest BCUT2D eigenvalue weighted by Crippen LogP contribution is -2.46. The summed E-state index contributed by atoms with van der Waals surface area (Å²) in [7, 11) is 0. The number of hydrogen-bond acceptors (Lipinski definition) is 3. The first kappa shape index (κ1) is 9.65. The molecule has 3 nitrogen and oxygen atoms in total. The van der Waals surface area contributed by atoms with Gasteiger partial charge in [0.05, 0.1) is 6.61 Å². The smallest absolute Gasteiger partial charge is 0.121 e. The van der Waals surface area contributed by atoms with E-state index in [1.807, 2.05) is 6.07 Å². The van der Waals surface area contributed by atoms with Gasteiger partial charge in [-0.3, -0.25) is 5.32 Å². The highest BCUT2D eigenvalue weighted by Gasteiger charge is 2.11. The Kier molecular flexibility index (Phi) is 3.51. The monoisotopic (exact) mass is 192 g/mol. The summed E-state index contributed by atoms with van der Waals surface area (Å²) in [5, 5.41) is 6.64. The molecule has 1 aliphatic heterocycles. The van der Waals surface area contributed by atoms with Gasteiger partial charge in [-0.15, -0.1) is 0 Å². The number of rotatable bonds is 3. The summed E-state index contributed by atoms with van der Waals surface area (Å²) in [6.45, 7) is 3.52. The van der Waals surface area contributed by atoms with Crippen molar-refractivity contribution < 1.29 is 4.74 Å². The molecule has 2 rings (SSSR count). The first-order chi connectivity index (χ1) is 6.95. The van der Waals surface area contributed by atoms with E-state index in [2.05, 4.69) is 34.9 Å². The molecule has 1 atom stereocenters. The molecule has 1 unspecified atom stereocenters. The minimum atomic E-state index is 0.156. The number of morpholine rings is 1. The Balaban J connectivity index is 1.76. The van der Waals surface area contributed by atoms with Crippen molar-refractivity contribution in [2.75, 3.05) is 19.7 Å². The summed E-state index contributed by atoms with van der Waals surface area (Å²) in [4.78, 5) is 0. The highest BCUT2D eigenvalue weighted by Crippen LogP contribution is 1.99. The summed E-state index contributed by atoms with van der Waals surface area (Å²) in [5.41, 5.74) is 1.29. The Labute approximate surface area is 84.5 Å². The molecule has 0 amide bonds. The third kappa shape index (κ3) is 2.80. The van der Waals surface area contributed by atoms with Crippen LogP contribution in [0, 0.1) is 0 Å². The molecular weight excluding hydrogens is 176 g/mol. The Morgan fingerprint density at radius 3 is 2.93 bits per heavy atom. The fraction of sp³-hybridized carbons (Fsp3) is 0.455. The first-order valence-corrected chi connectivity index (χ1v) is 5.05. The average Bonchev–Trinajstić information content (AvgIpc) is 2.29. The van der Waals surface area contributed by atoms with Crippen LogP contribution >= 0.6 is 0 Å². The minimum absolute atomic E-state index is 0.156. The van der Waals surface area contributed by atoms with Crippen molar-refractivity contribution in [2.24, 2.45) is 0 Å². The van der Waals surface area contributed by atoms with Crippen molar-refractivity contribution in [3.63, 3.8) is 0 Å². The maximum absolute atomic E-state index is 5.53. The van der Waals surface area contributed by atoms with Crippen LogP contribution in [0.2, 0.25) is 0 Å². The van der Waals surface area contributed by atoms with Crippen molar-refractivity contribution in [1.82, 2.24) is 10.6 Å². The lowest BCUT2D eigenvalue weighted by atomic mass is 10.2. The molecule has 1 aliphatic rings. The van der Waals surface area contributed by atoms with Gasteiger partial charge in [-0.2, -0.15) is 0 Å². The predicted octanol–water partition coefficient (Wildman–Crippen LogP) is 0.722. The van der Waals surface area contributed by atoms with Gasteiger partial charge in [-0.05, 0) is 5.56 Å². The summed E-state index contributed by atoms with van der Waals surface area (Å²) in [6.07, 6.45) is 0.156. The lowest BCUT2D eigenvalue weighted by molar-refractivity contribution is 0.00581. The van der Waals surface area contributed by atoms with Crippen LogP contribution in [0.1, 0.15) is 5.56 Å². The molecule has 0 spiro atoms. The van der Waals surface area contributed by atoms with Crippen LogP contribution in [0.25, 0.3) is 0 Å². The molecule has 0 aromatic heterocycles. The standard InChI is InChI=1S/C11H16N2O/c1-2-4-10(5-3-1)8-13-11-9-12-6-7-14-11/h1-5,11-13H,6-9H2. The van der Waals surface area contributed by atoms with E-state index in [0.717, 1.165) is 26.2 Å². The van der Waals surface area contributed by atoms with Gasteiger partial charge < -0.3 is 10.1 Å². The van der Waals surface area contributed by atoms with E-state index in [9.17, 15) is 0 Å². The predicted molar refractivity (Wildman–Crippen MR) is 55.9 cm³/mol. The zero-order valence-corrected chi connectivity index (χ0v) is 8.20. The Hall–Kier alpha value is -0.900. The molecule has 1 heterocycles. The summed E-state index contributed by atoms with van der Waals surface area (Å²) in [5.74, 6) is 0. The van der Waals surface area contributed by atoms with E-state index in [1.54, 1.807) is 0 Å². The second-order valence-corrected chi connectivity index (χ2v) is 3.43. The minimum Gasteiger partial charge on any atom is -0.361 e. The van der Waals surface area contributed by atoms with Crippen LogP contribution in [0.3, 0.4) is 0 Å². The van der Waals surface area contributed by atoms with Gasteiger partial charge in [-0.25, -0.2) is 0 Å². The van der Waals surface area contributed by atoms with Crippen molar-refractivity contribution >= 4 is 0 Å². The van der Waals surface area contributed by atoms with Gasteiger partial charge in [-0.1, -0.05) is 30.3 Å². The third-order valence-electron chi connectivity index (χ3n) is 2.30. The van der Waals surface area contributed by atoms with Gasteiger partial charge in [0.2, 0.25) is 0 Å². The molecule has 1 aromatic rings. The molecular formula is C11H16N2O. The van der Waals surface area contributed by atoms with Crippen LogP contribution in [-0.4, -0.2) is 25.9 Å². The highest BCUT2D eigenvalue weighted by atomic mass is 16.5. The normalized spacial score (nSPS) is 22.1. The summed E-state index contributed by atoms with van der Waals surface area (Å²) in [6, 6.07) is 10.4. The summed E-state index contributed by atoms with van der Waals surface area (Å²) < 4.78 is 5.53. The maximum Gasteiger partial charge on any atom is 0.121 e. The molecule has 0 aliphatic carbocycles. The second kappa shape index (κ2) is 5.10. The number of benzene rings is 1. The summed E-state index contributed by atoms with van der Waals surface area (Å²) >= 11 is 0. The molecule has 1 aromatic carbocycles. The molecule has 0 radical (unpaired) electrons. The molecule has 1 fully saturated rings. The molecule has 0 saturated carbocycles. The van der Waals surface area contributed by atoms with Gasteiger partial charge in [0.1, 0.15) is 6.23 Å². The second-order valence-electron chi connectivity index (χ2n) is 3.43. The van der Waals surface area contributed by atoms with Crippen molar-refractivity contribution in [1.29, 1.82) is 0 Å². The van der Waals surface area contributed by atoms with E-state index >= 15 is 0 Å². The fourth-order valence-electron chi connectivity index (χ4n) is 1.52. The molecule has 1 saturated heterocycles. The number of nitrogens with one attached hydrogen (secondary N) is 2. The van der Waals surface area contributed by atoms with Gasteiger partial charge in [0.25, 0.3) is 0 Å². The average molecular weight is 192 g/mol. The van der Waals surface area contributed by atoms with E-state index < -0.39 is 0 Å². The van der Waals surface area contributed by atoms with Gasteiger partial charge >= 0.3 is 0 Å². The van der Waals surface area contributed by atoms with Crippen LogP contribution in [-0.2, 0) is 11.3 Å². The third-order valence-corrected chi connectivity index (χ3v) is 2.30. The maximum atomic E-state index is 5.53. The Morgan fingerprint density at radius 1 is 1.36 bits per heavy atom. The number of ether oxygens (including phenoxy) is 1. The number of hydrogen-bond donors (Lipinski definition) is 2. The topological polar surface area (TPSA) is 33.3 Å². The highest BCUT2D eigenvalue weighted by molar-refractivity contribution is 5.14. The largest absolute Gasteiger partial charge is 0.361 e. The van der Waals surface area contributed by atoms with Crippen LogP contribution in [0.5, 0.6) is 0 Å². The van der Waals surface area contributed by atoms with Crippen LogP contribution in [0.4, 0.5) is 0 Å². The molecule has 3 heteroatoms. The zero-order chi connectivity index (χ0) is 9.64. The quantitative estimate of drug-likeness (QED) is 0.740. The van der Waals surface area contributed by atoms with Gasteiger partial charge in [0, 0.05) is 19.6 Å². The van der Waals surface area contributed by atoms with E-state index in [-0.39, 0.29) is 6.23 Å². The Morgan fingerprint density at radius 2 is 2.21 bits per heavy atom. The van der Waals surface area contributed by atoms with Crippen LogP contribution < -0.4 is 10.6 Å².